The van der Waals surface area contributed by atoms with Crippen LogP contribution < -0.4 is 5.32 Å². The predicted molar refractivity (Wildman–Crippen MR) is 88.4 cm³/mol. The number of nitrogens with one attached hydrogen (secondary N) is 1. The summed E-state index contributed by atoms with van der Waals surface area (Å²) in [6.07, 6.45) is 4.52. The first-order valence-electron chi connectivity index (χ1n) is 7.70. The number of thiazole rings is 1. The van der Waals surface area contributed by atoms with Crippen molar-refractivity contribution in [2.45, 2.75) is 38.9 Å². The highest BCUT2D eigenvalue weighted by Crippen LogP contribution is 2.15. The lowest BCUT2D eigenvalue weighted by molar-refractivity contribution is 0.182. The molecule has 112 valence electrons. The summed E-state index contributed by atoms with van der Waals surface area (Å²) >= 11 is 1.79. The molecule has 0 bridgehead atoms. The second-order valence-electron chi connectivity index (χ2n) is 5.81. The average molecular weight is 301 g/mol. The van der Waals surface area contributed by atoms with E-state index >= 15 is 0 Å². The maximum atomic E-state index is 4.43. The largest absolute Gasteiger partial charge is 0.306 e. The van der Waals surface area contributed by atoms with Gasteiger partial charge in [0.15, 0.2) is 0 Å². The molecule has 0 saturated carbocycles. The van der Waals surface area contributed by atoms with Gasteiger partial charge in [0.25, 0.3) is 0 Å². The standard InChI is InChI=1S/C17H23N3S/c1-14-10-19-17(21-14)11-18-16-8-5-9-20(13-16)12-15-6-3-2-4-7-15/h2-4,6-7,10,16,18H,5,8-9,11-13H2,1H3. The molecule has 4 heteroatoms. The van der Waals surface area contributed by atoms with Crippen LogP contribution in [-0.4, -0.2) is 29.0 Å². The minimum atomic E-state index is 0.590. The van der Waals surface area contributed by atoms with Gasteiger partial charge in [-0.1, -0.05) is 30.3 Å². The first-order chi connectivity index (χ1) is 10.3. The Morgan fingerprint density at radius 2 is 2.19 bits per heavy atom. The van der Waals surface area contributed by atoms with Gasteiger partial charge in [-0.15, -0.1) is 11.3 Å². The van der Waals surface area contributed by atoms with Crippen molar-refractivity contribution in [2.75, 3.05) is 13.1 Å². The van der Waals surface area contributed by atoms with Crippen LogP contribution in [0.5, 0.6) is 0 Å². The molecule has 0 amide bonds. The number of aryl methyl sites for hydroxylation is 1. The van der Waals surface area contributed by atoms with Gasteiger partial charge in [0.05, 0.1) is 0 Å². The number of likely N-dealkylation sites (tertiary alicyclic amines) is 1. The van der Waals surface area contributed by atoms with Crippen molar-refractivity contribution in [1.82, 2.24) is 15.2 Å². The van der Waals surface area contributed by atoms with E-state index in [1.54, 1.807) is 11.3 Å². The zero-order chi connectivity index (χ0) is 14.5. The van der Waals surface area contributed by atoms with E-state index in [1.807, 2.05) is 6.20 Å². The van der Waals surface area contributed by atoms with Gasteiger partial charge in [-0.3, -0.25) is 4.90 Å². The monoisotopic (exact) mass is 301 g/mol. The molecule has 21 heavy (non-hydrogen) atoms. The second kappa shape index (κ2) is 7.16. The Hall–Kier alpha value is -1.23. The van der Waals surface area contributed by atoms with Crippen molar-refractivity contribution in [3.8, 4) is 0 Å². The molecule has 1 saturated heterocycles. The van der Waals surface area contributed by atoms with Gasteiger partial charge >= 0.3 is 0 Å². The molecule has 1 fully saturated rings. The summed E-state index contributed by atoms with van der Waals surface area (Å²) in [7, 11) is 0. The number of nitrogens with zero attached hydrogens (tertiary/aromatic N) is 2. The first-order valence-corrected chi connectivity index (χ1v) is 8.52. The molecular formula is C17H23N3S. The Kier molecular flexibility index (Phi) is 5.01. The fraction of sp³-hybridized carbons (Fsp3) is 0.471. The quantitative estimate of drug-likeness (QED) is 0.919. The lowest BCUT2D eigenvalue weighted by Crippen LogP contribution is -2.44. The van der Waals surface area contributed by atoms with Crippen LogP contribution in [0.25, 0.3) is 0 Å². The van der Waals surface area contributed by atoms with Crippen molar-refractivity contribution < 1.29 is 0 Å². The van der Waals surface area contributed by atoms with Crippen LogP contribution in [0.2, 0.25) is 0 Å². The third-order valence-electron chi connectivity index (χ3n) is 3.97. The minimum Gasteiger partial charge on any atom is -0.306 e. The first kappa shape index (κ1) is 14.7. The van der Waals surface area contributed by atoms with Crippen LogP contribution in [0.1, 0.15) is 28.3 Å². The van der Waals surface area contributed by atoms with Gasteiger partial charge in [-0.05, 0) is 31.9 Å². The number of piperidine rings is 1. The highest BCUT2D eigenvalue weighted by atomic mass is 32.1. The number of aromatic nitrogens is 1. The Balaban J connectivity index is 1.49. The van der Waals surface area contributed by atoms with Crippen LogP contribution in [0, 0.1) is 6.92 Å². The topological polar surface area (TPSA) is 28.2 Å². The molecule has 0 spiro atoms. The summed E-state index contributed by atoms with van der Waals surface area (Å²) in [5.41, 5.74) is 1.41. The van der Waals surface area contributed by atoms with Crippen LogP contribution in [0.4, 0.5) is 0 Å². The molecule has 1 aliphatic heterocycles. The molecule has 2 aromatic rings. The van der Waals surface area contributed by atoms with E-state index in [-0.39, 0.29) is 0 Å². The fourth-order valence-corrected chi connectivity index (χ4v) is 3.66. The summed E-state index contributed by atoms with van der Waals surface area (Å²) in [5.74, 6) is 0. The van der Waals surface area contributed by atoms with Crippen LogP contribution in [0.3, 0.4) is 0 Å². The molecule has 2 heterocycles. The van der Waals surface area contributed by atoms with Crippen LogP contribution in [0.15, 0.2) is 36.5 Å². The molecule has 3 nitrogen and oxygen atoms in total. The molecule has 1 aromatic carbocycles. The number of rotatable bonds is 5. The maximum Gasteiger partial charge on any atom is 0.107 e. The zero-order valence-electron chi connectivity index (χ0n) is 12.6. The number of hydrogen-bond acceptors (Lipinski definition) is 4. The van der Waals surface area contributed by atoms with E-state index in [1.165, 1.54) is 34.8 Å². The van der Waals surface area contributed by atoms with Crippen molar-refractivity contribution in [3.63, 3.8) is 0 Å². The highest BCUT2D eigenvalue weighted by Gasteiger charge is 2.19. The fourth-order valence-electron chi connectivity index (χ4n) is 2.92. The number of benzene rings is 1. The van der Waals surface area contributed by atoms with Gasteiger partial charge in [-0.25, -0.2) is 4.98 Å². The van der Waals surface area contributed by atoms with E-state index in [0.29, 0.717) is 6.04 Å². The van der Waals surface area contributed by atoms with Gasteiger partial charge in [0.2, 0.25) is 0 Å². The second-order valence-corrected chi connectivity index (χ2v) is 7.12. The zero-order valence-corrected chi connectivity index (χ0v) is 13.4. The van der Waals surface area contributed by atoms with Crippen LogP contribution in [-0.2, 0) is 13.1 Å². The van der Waals surface area contributed by atoms with Gasteiger partial charge in [-0.2, -0.15) is 0 Å². The molecule has 1 unspecified atom stereocenters. The third kappa shape index (κ3) is 4.37. The van der Waals surface area contributed by atoms with E-state index in [9.17, 15) is 0 Å². The Morgan fingerprint density at radius 3 is 2.95 bits per heavy atom. The molecule has 1 aliphatic rings. The number of hydrogen-bond donors (Lipinski definition) is 1. The Labute approximate surface area is 131 Å². The summed E-state index contributed by atoms with van der Waals surface area (Å²) in [5, 5.41) is 4.87. The van der Waals surface area contributed by atoms with E-state index in [4.69, 9.17) is 0 Å². The summed E-state index contributed by atoms with van der Waals surface area (Å²) in [4.78, 5) is 8.28. The summed E-state index contributed by atoms with van der Waals surface area (Å²) in [6.45, 7) is 6.43. The molecule has 1 atom stereocenters. The van der Waals surface area contributed by atoms with Crippen molar-refractivity contribution in [2.24, 2.45) is 0 Å². The van der Waals surface area contributed by atoms with Crippen molar-refractivity contribution in [1.29, 1.82) is 0 Å². The average Bonchev–Trinajstić information content (AvgIpc) is 2.92. The normalized spacial score (nSPS) is 19.8. The van der Waals surface area contributed by atoms with Gasteiger partial charge in [0, 0.05) is 36.8 Å². The minimum absolute atomic E-state index is 0.590. The summed E-state index contributed by atoms with van der Waals surface area (Å²) in [6, 6.07) is 11.4. The lowest BCUT2D eigenvalue weighted by Gasteiger charge is -2.33. The maximum absolute atomic E-state index is 4.43. The van der Waals surface area contributed by atoms with Gasteiger partial charge < -0.3 is 5.32 Å². The predicted octanol–water partition coefficient (Wildman–Crippen LogP) is 3.21. The van der Waals surface area contributed by atoms with E-state index < -0.39 is 0 Å². The Bertz CT molecular complexity index is 552. The highest BCUT2D eigenvalue weighted by molar-refractivity contribution is 7.11. The molecule has 1 aromatic heterocycles. The van der Waals surface area contributed by atoms with Gasteiger partial charge in [0.1, 0.15) is 5.01 Å². The molecular weight excluding hydrogens is 278 g/mol. The lowest BCUT2D eigenvalue weighted by atomic mass is 10.0. The van der Waals surface area contributed by atoms with Crippen molar-refractivity contribution >= 4 is 11.3 Å². The molecule has 3 rings (SSSR count). The third-order valence-corrected chi connectivity index (χ3v) is 4.88. The van der Waals surface area contributed by atoms with E-state index in [0.717, 1.165) is 19.6 Å². The Morgan fingerprint density at radius 1 is 1.33 bits per heavy atom. The molecule has 0 aliphatic carbocycles. The van der Waals surface area contributed by atoms with Crippen molar-refractivity contribution in [3.05, 3.63) is 52.0 Å². The summed E-state index contributed by atoms with van der Waals surface area (Å²) < 4.78 is 0. The van der Waals surface area contributed by atoms with Crippen LogP contribution >= 0.6 is 11.3 Å². The SMILES string of the molecule is Cc1cnc(CNC2CCCN(Cc3ccccc3)C2)s1. The smallest absolute Gasteiger partial charge is 0.107 e. The molecule has 1 N–H and O–H groups in total. The molecule has 0 radical (unpaired) electrons. The van der Waals surface area contributed by atoms with E-state index in [2.05, 4.69) is 52.5 Å².